The van der Waals surface area contributed by atoms with Crippen LogP contribution >= 0.6 is 11.3 Å². The Morgan fingerprint density at radius 2 is 2.00 bits per heavy atom. The van der Waals surface area contributed by atoms with Crippen molar-refractivity contribution in [2.45, 2.75) is 6.92 Å². The topological polar surface area (TPSA) is 46.3 Å². The van der Waals surface area contributed by atoms with E-state index in [1.165, 1.54) is 11.3 Å². The van der Waals surface area contributed by atoms with Crippen molar-refractivity contribution in [2.24, 2.45) is 0 Å². The fourth-order valence-corrected chi connectivity index (χ4v) is 2.48. The molecule has 0 aliphatic rings. The largest absolute Gasteiger partial charge is 0.397 e. The van der Waals surface area contributed by atoms with Crippen LogP contribution in [0, 0.1) is 6.92 Å². The number of hydrogen-bond acceptors (Lipinski definition) is 3. The van der Waals surface area contributed by atoms with Crippen LogP contribution in [0.5, 0.6) is 0 Å². The summed E-state index contributed by atoms with van der Waals surface area (Å²) in [7, 11) is 1.74. The SMILES string of the molecule is Cc1cscc1C(=O)N(C)c1ccccc1N. The number of rotatable bonds is 2. The van der Waals surface area contributed by atoms with Gasteiger partial charge in [0.1, 0.15) is 0 Å². The van der Waals surface area contributed by atoms with Gasteiger partial charge in [-0.05, 0) is 30.0 Å². The maximum absolute atomic E-state index is 12.3. The lowest BCUT2D eigenvalue weighted by molar-refractivity contribution is 0.0993. The van der Waals surface area contributed by atoms with E-state index >= 15 is 0 Å². The normalized spacial score (nSPS) is 10.2. The van der Waals surface area contributed by atoms with Gasteiger partial charge in [0, 0.05) is 12.4 Å². The van der Waals surface area contributed by atoms with Gasteiger partial charge in [-0.3, -0.25) is 4.79 Å². The number of hydrogen-bond donors (Lipinski definition) is 1. The van der Waals surface area contributed by atoms with E-state index in [4.69, 9.17) is 5.73 Å². The van der Waals surface area contributed by atoms with Crippen LogP contribution in [0.3, 0.4) is 0 Å². The van der Waals surface area contributed by atoms with E-state index in [0.717, 1.165) is 16.8 Å². The number of carbonyl (C=O) groups is 1. The molecular formula is C13H14N2OS. The average Bonchev–Trinajstić information content (AvgIpc) is 2.74. The number of benzene rings is 1. The van der Waals surface area contributed by atoms with Crippen LogP contribution in [0.2, 0.25) is 0 Å². The molecule has 1 heterocycles. The van der Waals surface area contributed by atoms with Crippen LogP contribution in [0.25, 0.3) is 0 Å². The summed E-state index contributed by atoms with van der Waals surface area (Å²) in [5.41, 5.74) is 8.94. The molecule has 0 radical (unpaired) electrons. The van der Waals surface area contributed by atoms with Gasteiger partial charge in [-0.2, -0.15) is 11.3 Å². The van der Waals surface area contributed by atoms with Crippen molar-refractivity contribution < 1.29 is 4.79 Å². The van der Waals surface area contributed by atoms with E-state index < -0.39 is 0 Å². The Labute approximate surface area is 104 Å². The minimum atomic E-state index is -0.0262. The molecule has 1 aromatic heterocycles. The smallest absolute Gasteiger partial charge is 0.259 e. The second-order valence-corrected chi connectivity index (χ2v) is 4.64. The third-order valence-electron chi connectivity index (χ3n) is 2.69. The zero-order valence-corrected chi connectivity index (χ0v) is 10.6. The van der Waals surface area contributed by atoms with Gasteiger partial charge in [0.05, 0.1) is 16.9 Å². The molecule has 0 bridgehead atoms. The van der Waals surface area contributed by atoms with E-state index in [1.807, 2.05) is 35.9 Å². The van der Waals surface area contributed by atoms with Gasteiger partial charge in [0.2, 0.25) is 0 Å². The molecule has 2 rings (SSSR count). The van der Waals surface area contributed by atoms with Crippen molar-refractivity contribution in [3.63, 3.8) is 0 Å². The van der Waals surface area contributed by atoms with Crippen molar-refractivity contribution in [1.29, 1.82) is 0 Å². The molecule has 1 amide bonds. The molecule has 1 aromatic carbocycles. The first kappa shape index (κ1) is 11.7. The molecule has 3 nitrogen and oxygen atoms in total. The molecule has 0 aliphatic heterocycles. The van der Waals surface area contributed by atoms with E-state index in [2.05, 4.69) is 0 Å². The summed E-state index contributed by atoms with van der Waals surface area (Å²) in [4.78, 5) is 13.8. The molecular weight excluding hydrogens is 232 g/mol. The lowest BCUT2D eigenvalue weighted by atomic mass is 10.2. The highest BCUT2D eigenvalue weighted by Crippen LogP contribution is 2.24. The minimum Gasteiger partial charge on any atom is -0.397 e. The Bertz CT molecular complexity index is 548. The van der Waals surface area contributed by atoms with E-state index in [0.29, 0.717) is 5.69 Å². The molecule has 0 aliphatic carbocycles. The van der Waals surface area contributed by atoms with Crippen molar-refractivity contribution in [3.05, 3.63) is 46.2 Å². The van der Waals surface area contributed by atoms with Crippen molar-refractivity contribution in [1.82, 2.24) is 0 Å². The highest BCUT2D eigenvalue weighted by Gasteiger charge is 2.17. The van der Waals surface area contributed by atoms with Gasteiger partial charge in [0.15, 0.2) is 0 Å². The Kier molecular flexibility index (Phi) is 3.15. The number of nitrogens with two attached hydrogens (primary N) is 1. The minimum absolute atomic E-state index is 0.0262. The predicted molar refractivity (Wildman–Crippen MR) is 72.6 cm³/mol. The van der Waals surface area contributed by atoms with E-state index in [-0.39, 0.29) is 5.91 Å². The molecule has 88 valence electrons. The second kappa shape index (κ2) is 4.59. The van der Waals surface area contributed by atoms with Crippen molar-refractivity contribution >= 4 is 28.6 Å². The lowest BCUT2D eigenvalue weighted by Gasteiger charge is -2.19. The Hall–Kier alpha value is -1.81. The Balaban J connectivity index is 2.33. The summed E-state index contributed by atoms with van der Waals surface area (Å²) in [5.74, 6) is -0.0262. The number of carbonyl (C=O) groups excluding carboxylic acids is 1. The predicted octanol–water partition coefficient (Wildman–Crippen LogP) is 2.92. The van der Waals surface area contributed by atoms with Crippen LogP contribution in [-0.4, -0.2) is 13.0 Å². The summed E-state index contributed by atoms with van der Waals surface area (Å²) in [6.45, 7) is 1.94. The van der Waals surface area contributed by atoms with Gasteiger partial charge in [-0.15, -0.1) is 0 Å². The zero-order valence-electron chi connectivity index (χ0n) is 9.81. The summed E-state index contributed by atoms with van der Waals surface area (Å²) < 4.78 is 0. The molecule has 0 unspecified atom stereocenters. The van der Waals surface area contributed by atoms with Gasteiger partial charge in [0.25, 0.3) is 5.91 Å². The number of nitrogen functional groups attached to an aromatic ring is 1. The van der Waals surface area contributed by atoms with E-state index in [1.54, 1.807) is 18.0 Å². The van der Waals surface area contributed by atoms with Gasteiger partial charge >= 0.3 is 0 Å². The molecule has 17 heavy (non-hydrogen) atoms. The monoisotopic (exact) mass is 246 g/mol. The first-order chi connectivity index (χ1) is 8.11. The fourth-order valence-electron chi connectivity index (χ4n) is 1.66. The molecule has 0 saturated carbocycles. The number of nitrogens with zero attached hydrogens (tertiary/aromatic N) is 1. The molecule has 2 N–H and O–H groups in total. The first-order valence-corrected chi connectivity index (χ1v) is 6.21. The van der Waals surface area contributed by atoms with Crippen molar-refractivity contribution in [2.75, 3.05) is 17.7 Å². The molecule has 0 spiro atoms. The lowest BCUT2D eigenvalue weighted by Crippen LogP contribution is -2.27. The van der Waals surface area contributed by atoms with Crippen molar-refractivity contribution in [3.8, 4) is 0 Å². The summed E-state index contributed by atoms with van der Waals surface area (Å²) >= 11 is 1.53. The van der Waals surface area contributed by atoms with Crippen LogP contribution < -0.4 is 10.6 Å². The standard InChI is InChI=1S/C13H14N2OS/c1-9-7-17-8-10(9)13(16)15(2)12-6-4-3-5-11(12)14/h3-8H,14H2,1-2H3. The zero-order chi connectivity index (χ0) is 12.4. The highest BCUT2D eigenvalue weighted by atomic mass is 32.1. The number of amides is 1. The highest BCUT2D eigenvalue weighted by molar-refractivity contribution is 7.08. The molecule has 2 aromatic rings. The van der Waals surface area contributed by atoms with Gasteiger partial charge in [-0.1, -0.05) is 12.1 Å². The Morgan fingerprint density at radius 1 is 1.29 bits per heavy atom. The maximum Gasteiger partial charge on any atom is 0.259 e. The fraction of sp³-hybridized carbons (Fsp3) is 0.154. The number of aryl methyl sites for hydroxylation is 1. The number of anilines is 2. The Morgan fingerprint density at radius 3 is 2.59 bits per heavy atom. The third-order valence-corrected chi connectivity index (χ3v) is 3.55. The van der Waals surface area contributed by atoms with Crippen LogP contribution in [0.15, 0.2) is 35.0 Å². The number of para-hydroxylation sites is 2. The quantitative estimate of drug-likeness (QED) is 0.828. The van der Waals surface area contributed by atoms with Crippen LogP contribution in [-0.2, 0) is 0 Å². The molecule has 4 heteroatoms. The molecule has 0 saturated heterocycles. The molecule has 0 atom stereocenters. The van der Waals surface area contributed by atoms with E-state index in [9.17, 15) is 4.79 Å². The molecule has 0 fully saturated rings. The first-order valence-electron chi connectivity index (χ1n) is 5.26. The van der Waals surface area contributed by atoms with Crippen LogP contribution in [0.4, 0.5) is 11.4 Å². The average molecular weight is 246 g/mol. The third kappa shape index (κ3) is 2.17. The van der Waals surface area contributed by atoms with Crippen LogP contribution in [0.1, 0.15) is 15.9 Å². The summed E-state index contributed by atoms with van der Waals surface area (Å²) in [5, 5.41) is 3.84. The maximum atomic E-state index is 12.3. The van der Waals surface area contributed by atoms with Gasteiger partial charge in [-0.25, -0.2) is 0 Å². The summed E-state index contributed by atoms with van der Waals surface area (Å²) in [6.07, 6.45) is 0. The number of thiophene rings is 1. The summed E-state index contributed by atoms with van der Waals surface area (Å²) in [6, 6.07) is 7.36. The second-order valence-electron chi connectivity index (χ2n) is 3.89. The van der Waals surface area contributed by atoms with Gasteiger partial charge < -0.3 is 10.6 Å².